The van der Waals surface area contributed by atoms with E-state index in [1.54, 1.807) is 6.20 Å². The monoisotopic (exact) mass is 150 g/mol. The molecule has 3 heteroatoms. The molecule has 0 aromatic carbocycles. The second kappa shape index (κ2) is 2.49. The van der Waals surface area contributed by atoms with Crippen LogP contribution in [0.2, 0.25) is 0 Å². The summed E-state index contributed by atoms with van der Waals surface area (Å²) < 4.78 is 0. The molecule has 0 amide bonds. The number of rotatable bonds is 3. The Balaban J connectivity index is 1.94. The third-order valence-electron chi connectivity index (χ3n) is 1.96. The van der Waals surface area contributed by atoms with Crippen molar-refractivity contribution in [1.82, 2.24) is 10.2 Å². The lowest BCUT2D eigenvalue weighted by Crippen LogP contribution is -2.04. The van der Waals surface area contributed by atoms with E-state index >= 15 is 0 Å². The average molecular weight is 150 g/mol. The molecule has 1 saturated carbocycles. The highest BCUT2D eigenvalue weighted by Gasteiger charge is 2.29. The fourth-order valence-electron chi connectivity index (χ4n) is 1.12. The Kier molecular flexibility index (Phi) is 1.49. The van der Waals surface area contributed by atoms with Gasteiger partial charge in [-0.05, 0) is 18.9 Å². The molecule has 3 nitrogen and oxygen atoms in total. The van der Waals surface area contributed by atoms with Crippen molar-refractivity contribution < 1.29 is 4.79 Å². The molecular formula is C8H10N2O. The van der Waals surface area contributed by atoms with Gasteiger partial charge in [-0.15, -0.1) is 0 Å². The van der Waals surface area contributed by atoms with E-state index in [1.807, 2.05) is 6.07 Å². The molecule has 1 heterocycles. The standard InChI is InChI=1S/C8H10N2O/c11-8(6-1-2-6)5-7-3-4-9-10-7/h3-4,6H,1-2,5H2,(H,9,10). The number of hydrogen-bond donors (Lipinski definition) is 1. The first-order valence-electron chi connectivity index (χ1n) is 3.87. The van der Waals surface area contributed by atoms with Crippen LogP contribution in [0.3, 0.4) is 0 Å². The maximum Gasteiger partial charge on any atom is 0.141 e. The highest BCUT2D eigenvalue weighted by Crippen LogP contribution is 2.30. The van der Waals surface area contributed by atoms with Crippen LogP contribution in [0.1, 0.15) is 18.5 Å². The van der Waals surface area contributed by atoms with Crippen LogP contribution >= 0.6 is 0 Å². The second-order valence-electron chi connectivity index (χ2n) is 3.00. The molecule has 1 aromatic heterocycles. The van der Waals surface area contributed by atoms with Crippen LogP contribution in [-0.4, -0.2) is 16.0 Å². The van der Waals surface area contributed by atoms with Gasteiger partial charge in [-0.1, -0.05) is 0 Å². The van der Waals surface area contributed by atoms with E-state index in [-0.39, 0.29) is 0 Å². The largest absolute Gasteiger partial charge is 0.299 e. The van der Waals surface area contributed by atoms with Gasteiger partial charge in [-0.3, -0.25) is 9.89 Å². The summed E-state index contributed by atoms with van der Waals surface area (Å²) in [5.41, 5.74) is 0.932. The summed E-state index contributed by atoms with van der Waals surface area (Å²) in [6, 6.07) is 1.85. The van der Waals surface area contributed by atoms with Crippen molar-refractivity contribution in [2.45, 2.75) is 19.3 Å². The first-order chi connectivity index (χ1) is 5.36. The Morgan fingerprint density at radius 3 is 3.09 bits per heavy atom. The van der Waals surface area contributed by atoms with Crippen LogP contribution in [0, 0.1) is 5.92 Å². The lowest BCUT2D eigenvalue weighted by atomic mass is 10.1. The number of ketones is 1. The molecule has 58 valence electrons. The van der Waals surface area contributed by atoms with Gasteiger partial charge < -0.3 is 0 Å². The van der Waals surface area contributed by atoms with Gasteiger partial charge >= 0.3 is 0 Å². The lowest BCUT2D eigenvalue weighted by Gasteiger charge is -1.92. The molecule has 2 rings (SSSR count). The van der Waals surface area contributed by atoms with Crippen molar-refractivity contribution in [2.75, 3.05) is 0 Å². The highest BCUT2D eigenvalue weighted by molar-refractivity contribution is 5.84. The van der Waals surface area contributed by atoms with Gasteiger partial charge in [0, 0.05) is 24.2 Å². The van der Waals surface area contributed by atoms with Crippen LogP contribution in [0.25, 0.3) is 0 Å². The van der Waals surface area contributed by atoms with Crippen LogP contribution in [0.5, 0.6) is 0 Å². The third kappa shape index (κ3) is 1.48. The molecule has 1 aromatic rings. The van der Waals surface area contributed by atoms with Crippen molar-refractivity contribution in [1.29, 1.82) is 0 Å². The zero-order valence-corrected chi connectivity index (χ0v) is 6.21. The van der Waals surface area contributed by atoms with Gasteiger partial charge in [0.2, 0.25) is 0 Å². The van der Waals surface area contributed by atoms with Gasteiger partial charge in [0.05, 0.1) is 0 Å². The number of nitrogens with one attached hydrogen (secondary N) is 1. The van der Waals surface area contributed by atoms with Crippen molar-refractivity contribution in [3.8, 4) is 0 Å². The number of aromatic nitrogens is 2. The van der Waals surface area contributed by atoms with E-state index < -0.39 is 0 Å². The van der Waals surface area contributed by atoms with Gasteiger partial charge in [-0.25, -0.2) is 0 Å². The Morgan fingerprint density at radius 1 is 1.73 bits per heavy atom. The Labute approximate surface area is 64.8 Å². The minimum Gasteiger partial charge on any atom is -0.299 e. The molecule has 0 saturated heterocycles. The summed E-state index contributed by atoms with van der Waals surface area (Å²) in [7, 11) is 0. The first-order valence-corrected chi connectivity index (χ1v) is 3.87. The predicted octanol–water partition coefficient (Wildman–Crippen LogP) is 0.931. The quantitative estimate of drug-likeness (QED) is 0.696. The third-order valence-corrected chi connectivity index (χ3v) is 1.96. The number of aromatic amines is 1. The molecule has 1 aliphatic rings. The normalized spacial score (nSPS) is 16.7. The Bertz CT molecular complexity index is 249. The number of carbonyl (C=O) groups is 1. The molecule has 1 fully saturated rings. The summed E-state index contributed by atoms with van der Waals surface area (Å²) >= 11 is 0. The number of nitrogens with zero attached hydrogens (tertiary/aromatic N) is 1. The van der Waals surface area contributed by atoms with Crippen LogP contribution < -0.4 is 0 Å². The summed E-state index contributed by atoms with van der Waals surface area (Å²) in [6.07, 6.45) is 4.39. The van der Waals surface area contributed by atoms with Crippen molar-refractivity contribution in [3.05, 3.63) is 18.0 Å². The maximum absolute atomic E-state index is 11.2. The van der Waals surface area contributed by atoms with Gasteiger partial charge in [0.15, 0.2) is 0 Å². The Hall–Kier alpha value is -1.12. The lowest BCUT2D eigenvalue weighted by molar-refractivity contribution is -0.119. The summed E-state index contributed by atoms with van der Waals surface area (Å²) in [6.45, 7) is 0. The molecular weight excluding hydrogens is 140 g/mol. The topological polar surface area (TPSA) is 45.8 Å². The smallest absolute Gasteiger partial charge is 0.141 e. The van der Waals surface area contributed by atoms with Crippen molar-refractivity contribution >= 4 is 5.78 Å². The SMILES string of the molecule is O=C(Cc1ccn[nH]1)C1CC1. The number of hydrogen-bond acceptors (Lipinski definition) is 2. The summed E-state index contributed by atoms with van der Waals surface area (Å²) in [5, 5.41) is 6.56. The molecule has 1 aliphatic carbocycles. The van der Waals surface area contributed by atoms with E-state index in [9.17, 15) is 4.79 Å². The minimum atomic E-state index is 0.356. The second-order valence-corrected chi connectivity index (χ2v) is 3.00. The first kappa shape index (κ1) is 6.58. The van der Waals surface area contributed by atoms with E-state index in [1.165, 1.54) is 0 Å². The molecule has 11 heavy (non-hydrogen) atoms. The zero-order valence-electron chi connectivity index (χ0n) is 6.21. The zero-order chi connectivity index (χ0) is 7.68. The summed E-state index contributed by atoms with van der Waals surface area (Å²) in [4.78, 5) is 11.2. The molecule has 0 radical (unpaired) electrons. The van der Waals surface area contributed by atoms with Crippen molar-refractivity contribution in [3.63, 3.8) is 0 Å². The summed E-state index contributed by atoms with van der Waals surface area (Å²) in [5.74, 6) is 0.715. The number of H-pyrrole nitrogens is 1. The molecule has 0 unspecified atom stereocenters. The van der Waals surface area contributed by atoms with Crippen molar-refractivity contribution in [2.24, 2.45) is 5.92 Å². The highest BCUT2D eigenvalue weighted by atomic mass is 16.1. The maximum atomic E-state index is 11.2. The van der Waals surface area contributed by atoms with E-state index in [0.29, 0.717) is 18.1 Å². The van der Waals surface area contributed by atoms with E-state index in [0.717, 1.165) is 18.5 Å². The fraction of sp³-hybridized carbons (Fsp3) is 0.500. The predicted molar refractivity (Wildman–Crippen MR) is 40.0 cm³/mol. The van der Waals surface area contributed by atoms with Crippen LogP contribution in [-0.2, 0) is 11.2 Å². The van der Waals surface area contributed by atoms with Gasteiger partial charge in [0.25, 0.3) is 0 Å². The number of Topliss-reactive ketones (excluding diaryl/α,β-unsaturated/α-hetero) is 1. The fourth-order valence-corrected chi connectivity index (χ4v) is 1.12. The molecule has 0 spiro atoms. The minimum absolute atomic E-state index is 0.356. The van der Waals surface area contributed by atoms with Crippen LogP contribution in [0.4, 0.5) is 0 Å². The van der Waals surface area contributed by atoms with E-state index in [2.05, 4.69) is 10.2 Å². The Morgan fingerprint density at radius 2 is 2.55 bits per heavy atom. The van der Waals surface area contributed by atoms with Crippen LogP contribution in [0.15, 0.2) is 12.3 Å². The average Bonchev–Trinajstić information content (AvgIpc) is 2.73. The van der Waals surface area contributed by atoms with E-state index in [4.69, 9.17) is 0 Å². The molecule has 0 bridgehead atoms. The number of carbonyl (C=O) groups excluding carboxylic acids is 1. The molecule has 0 atom stereocenters. The molecule has 0 aliphatic heterocycles. The molecule has 1 N–H and O–H groups in total. The van der Waals surface area contributed by atoms with Gasteiger partial charge in [0.1, 0.15) is 5.78 Å². The van der Waals surface area contributed by atoms with Gasteiger partial charge in [-0.2, -0.15) is 5.10 Å².